The van der Waals surface area contributed by atoms with Gasteiger partial charge in [-0.05, 0) is 11.1 Å². The summed E-state index contributed by atoms with van der Waals surface area (Å²) in [6.07, 6.45) is 0. The summed E-state index contributed by atoms with van der Waals surface area (Å²) in [6, 6.07) is 24.6. The van der Waals surface area contributed by atoms with Gasteiger partial charge in [-0.25, -0.2) is 0 Å². The molecule has 124 valence electrons. The number of hydrogen-bond donors (Lipinski definition) is 0. The van der Waals surface area contributed by atoms with E-state index in [2.05, 4.69) is 0 Å². The van der Waals surface area contributed by atoms with Gasteiger partial charge in [0.25, 0.3) is 0 Å². The van der Waals surface area contributed by atoms with Crippen molar-refractivity contribution < 1.29 is 9.59 Å². The second kappa shape index (κ2) is 7.27. The van der Waals surface area contributed by atoms with Crippen LogP contribution in [-0.2, 0) is 0 Å². The Balaban J connectivity index is 1.93. The van der Waals surface area contributed by atoms with E-state index in [1.54, 1.807) is 24.3 Å². The molecule has 0 atom stereocenters. The van der Waals surface area contributed by atoms with Gasteiger partial charge in [-0.3, -0.25) is 9.59 Å². The van der Waals surface area contributed by atoms with Crippen LogP contribution in [0, 0.1) is 5.92 Å². The molecule has 0 radical (unpaired) electrons. The van der Waals surface area contributed by atoms with Crippen LogP contribution in [-0.4, -0.2) is 11.6 Å². The van der Waals surface area contributed by atoms with Crippen molar-refractivity contribution in [1.82, 2.24) is 0 Å². The molecule has 0 aliphatic heterocycles. The first-order chi connectivity index (χ1) is 12.1. The van der Waals surface area contributed by atoms with Crippen LogP contribution in [0.5, 0.6) is 0 Å². The van der Waals surface area contributed by atoms with E-state index in [0.29, 0.717) is 16.7 Å². The summed E-state index contributed by atoms with van der Waals surface area (Å²) in [5.74, 6) is -0.275. The number of carbonyl (C=O) groups excluding carboxylic acids is 2. The van der Waals surface area contributed by atoms with Crippen molar-refractivity contribution in [2.45, 2.75) is 13.8 Å². The van der Waals surface area contributed by atoms with Crippen molar-refractivity contribution in [2.75, 3.05) is 0 Å². The lowest BCUT2D eigenvalue weighted by molar-refractivity contribution is 0.0929. The minimum absolute atomic E-state index is 0.00939. The quantitative estimate of drug-likeness (QED) is 0.586. The lowest BCUT2D eigenvalue weighted by Crippen LogP contribution is -2.14. The molecule has 0 N–H and O–H groups in total. The molecule has 3 rings (SSSR count). The van der Waals surface area contributed by atoms with Crippen molar-refractivity contribution in [3.63, 3.8) is 0 Å². The van der Waals surface area contributed by atoms with E-state index >= 15 is 0 Å². The lowest BCUT2D eigenvalue weighted by Gasteiger charge is -2.10. The summed E-state index contributed by atoms with van der Waals surface area (Å²) in [6.45, 7) is 3.69. The highest BCUT2D eigenvalue weighted by Gasteiger charge is 2.19. The van der Waals surface area contributed by atoms with Crippen molar-refractivity contribution in [3.8, 4) is 11.1 Å². The predicted molar refractivity (Wildman–Crippen MR) is 101 cm³/mol. The topological polar surface area (TPSA) is 34.1 Å². The van der Waals surface area contributed by atoms with Crippen molar-refractivity contribution in [3.05, 3.63) is 95.6 Å². The number of ketones is 2. The molecule has 0 bridgehead atoms. The molecule has 25 heavy (non-hydrogen) atoms. The fourth-order valence-corrected chi connectivity index (χ4v) is 2.81. The minimum Gasteiger partial charge on any atom is -0.294 e. The van der Waals surface area contributed by atoms with E-state index in [-0.39, 0.29) is 17.5 Å². The number of benzene rings is 3. The highest BCUT2D eigenvalue weighted by Crippen LogP contribution is 2.22. The Hall–Kier alpha value is -3.00. The molecule has 0 spiro atoms. The van der Waals surface area contributed by atoms with Crippen LogP contribution in [0.3, 0.4) is 0 Å². The number of hydrogen-bond acceptors (Lipinski definition) is 2. The second-order valence-corrected chi connectivity index (χ2v) is 6.34. The smallest absolute Gasteiger partial charge is 0.193 e. The zero-order valence-corrected chi connectivity index (χ0v) is 14.4. The van der Waals surface area contributed by atoms with Gasteiger partial charge in [0.2, 0.25) is 0 Å². The fourth-order valence-electron chi connectivity index (χ4n) is 2.81. The summed E-state index contributed by atoms with van der Waals surface area (Å²) >= 11 is 0. The molecule has 0 unspecified atom stereocenters. The molecule has 0 amide bonds. The third-order valence-electron chi connectivity index (χ3n) is 4.22. The van der Waals surface area contributed by atoms with Crippen molar-refractivity contribution in [1.29, 1.82) is 0 Å². The Morgan fingerprint density at radius 3 is 1.76 bits per heavy atom. The Kier molecular flexibility index (Phi) is 4.90. The van der Waals surface area contributed by atoms with Crippen LogP contribution in [0.1, 0.15) is 40.1 Å². The number of Topliss-reactive ketones (excluding diaryl/α,β-unsaturated/α-hetero) is 1. The average Bonchev–Trinajstić information content (AvgIpc) is 2.67. The highest BCUT2D eigenvalue weighted by atomic mass is 16.1. The Morgan fingerprint density at radius 1 is 0.640 bits per heavy atom. The molecule has 2 nitrogen and oxygen atoms in total. The van der Waals surface area contributed by atoms with Crippen LogP contribution in [0.25, 0.3) is 11.1 Å². The first-order valence-electron chi connectivity index (χ1n) is 8.41. The molecular formula is C23H20O2. The molecule has 0 fully saturated rings. The van der Waals surface area contributed by atoms with Crippen LogP contribution in [0.2, 0.25) is 0 Å². The molecule has 3 aromatic carbocycles. The highest BCUT2D eigenvalue weighted by molar-refractivity contribution is 6.16. The largest absolute Gasteiger partial charge is 0.294 e. The molecular weight excluding hydrogens is 308 g/mol. The molecule has 2 heteroatoms. The van der Waals surface area contributed by atoms with Crippen LogP contribution >= 0.6 is 0 Å². The standard InChI is InChI=1S/C23H20O2/c1-16(2)22(24)20-10-6-7-11-21(20)23(25)19-14-12-18(13-15-19)17-8-4-3-5-9-17/h3-16H,1-2H3. The molecule has 0 aliphatic rings. The average molecular weight is 328 g/mol. The first-order valence-corrected chi connectivity index (χ1v) is 8.41. The van der Waals surface area contributed by atoms with E-state index in [9.17, 15) is 9.59 Å². The van der Waals surface area contributed by atoms with Crippen LogP contribution in [0.15, 0.2) is 78.9 Å². The van der Waals surface area contributed by atoms with Gasteiger partial charge >= 0.3 is 0 Å². The van der Waals surface area contributed by atoms with Crippen LogP contribution < -0.4 is 0 Å². The Bertz CT molecular complexity index is 891. The van der Waals surface area contributed by atoms with E-state index in [1.807, 2.05) is 68.4 Å². The van der Waals surface area contributed by atoms with E-state index in [0.717, 1.165) is 11.1 Å². The summed E-state index contributed by atoms with van der Waals surface area (Å²) in [4.78, 5) is 25.3. The van der Waals surface area contributed by atoms with Gasteiger partial charge in [0.1, 0.15) is 0 Å². The maximum absolute atomic E-state index is 12.9. The number of carbonyl (C=O) groups is 2. The number of rotatable bonds is 5. The van der Waals surface area contributed by atoms with Crippen molar-refractivity contribution in [2.24, 2.45) is 5.92 Å². The summed E-state index contributed by atoms with van der Waals surface area (Å²) in [5.41, 5.74) is 3.72. The fraction of sp³-hybridized carbons (Fsp3) is 0.130. The lowest BCUT2D eigenvalue weighted by atomic mass is 9.91. The van der Waals surface area contributed by atoms with E-state index in [4.69, 9.17) is 0 Å². The van der Waals surface area contributed by atoms with Gasteiger partial charge in [0.15, 0.2) is 11.6 Å². The van der Waals surface area contributed by atoms with Crippen LogP contribution in [0.4, 0.5) is 0 Å². The summed E-state index contributed by atoms with van der Waals surface area (Å²) in [5, 5.41) is 0. The third kappa shape index (κ3) is 3.58. The Morgan fingerprint density at radius 2 is 1.16 bits per heavy atom. The molecule has 0 saturated carbocycles. The van der Waals surface area contributed by atoms with Crippen molar-refractivity contribution >= 4 is 11.6 Å². The van der Waals surface area contributed by atoms with Gasteiger partial charge in [-0.1, -0.05) is 92.7 Å². The zero-order chi connectivity index (χ0) is 17.8. The second-order valence-electron chi connectivity index (χ2n) is 6.34. The van der Waals surface area contributed by atoms with Gasteiger partial charge < -0.3 is 0 Å². The summed E-state index contributed by atoms with van der Waals surface area (Å²) in [7, 11) is 0. The Labute approximate surface area is 148 Å². The predicted octanol–water partition coefficient (Wildman–Crippen LogP) is 5.42. The van der Waals surface area contributed by atoms with Gasteiger partial charge in [-0.2, -0.15) is 0 Å². The molecule has 0 aliphatic carbocycles. The molecule has 0 aromatic heterocycles. The maximum Gasteiger partial charge on any atom is 0.193 e. The maximum atomic E-state index is 12.9. The van der Waals surface area contributed by atoms with Gasteiger partial charge in [0, 0.05) is 22.6 Å². The molecule has 3 aromatic rings. The van der Waals surface area contributed by atoms with E-state index < -0.39 is 0 Å². The SMILES string of the molecule is CC(C)C(=O)c1ccccc1C(=O)c1ccc(-c2ccccc2)cc1. The summed E-state index contributed by atoms with van der Waals surface area (Å²) < 4.78 is 0. The monoisotopic (exact) mass is 328 g/mol. The zero-order valence-electron chi connectivity index (χ0n) is 14.4. The first kappa shape index (κ1) is 16.8. The normalized spacial score (nSPS) is 10.7. The third-order valence-corrected chi connectivity index (χ3v) is 4.22. The van der Waals surface area contributed by atoms with E-state index in [1.165, 1.54) is 0 Å². The molecule has 0 saturated heterocycles. The van der Waals surface area contributed by atoms with Gasteiger partial charge in [-0.15, -0.1) is 0 Å². The van der Waals surface area contributed by atoms with Gasteiger partial charge in [0.05, 0.1) is 0 Å². The minimum atomic E-state index is -0.144. The molecule has 0 heterocycles.